The van der Waals surface area contributed by atoms with Crippen LogP contribution >= 0.6 is 0 Å². The van der Waals surface area contributed by atoms with Crippen molar-refractivity contribution < 1.29 is 4.79 Å². The van der Waals surface area contributed by atoms with Crippen LogP contribution < -0.4 is 0 Å². The minimum Gasteiger partial charge on any atom is -0.339 e. The van der Waals surface area contributed by atoms with Crippen LogP contribution in [0.15, 0.2) is 0 Å². The predicted molar refractivity (Wildman–Crippen MR) is 69.8 cm³/mol. The number of amides is 1. The van der Waals surface area contributed by atoms with Crippen molar-refractivity contribution in [2.45, 2.75) is 52.6 Å². The van der Waals surface area contributed by atoms with Crippen LogP contribution in [0.5, 0.6) is 0 Å². The number of fused-ring (bicyclic) bond motifs is 2. The third-order valence-corrected chi connectivity index (χ3v) is 4.11. The van der Waals surface area contributed by atoms with Gasteiger partial charge < -0.3 is 4.90 Å². The van der Waals surface area contributed by atoms with E-state index in [0.29, 0.717) is 18.0 Å². The molecule has 3 saturated heterocycles. The highest BCUT2D eigenvalue weighted by Gasteiger charge is 2.45. The van der Waals surface area contributed by atoms with Crippen LogP contribution in [0.1, 0.15) is 40.5 Å². The molecule has 1 amide bonds. The number of carbonyl (C=O) groups is 1. The zero-order chi connectivity index (χ0) is 12.6. The van der Waals surface area contributed by atoms with Gasteiger partial charge in [0, 0.05) is 31.1 Å². The van der Waals surface area contributed by atoms with Gasteiger partial charge in [-0.05, 0) is 25.3 Å². The molecular formula is C14H26N2O. The monoisotopic (exact) mass is 238 g/mol. The van der Waals surface area contributed by atoms with E-state index in [0.717, 1.165) is 19.0 Å². The first-order valence-corrected chi connectivity index (χ1v) is 7.03. The van der Waals surface area contributed by atoms with Crippen LogP contribution in [0.25, 0.3) is 0 Å². The first-order valence-electron chi connectivity index (χ1n) is 7.03. The SMILES string of the molecule is CC(C)CCN1C2CC1CN(C(=O)C(C)C)C2. The molecule has 3 fully saturated rings. The number of hydrogen-bond acceptors (Lipinski definition) is 2. The molecule has 3 nitrogen and oxygen atoms in total. The molecule has 0 aromatic heterocycles. The van der Waals surface area contributed by atoms with Gasteiger partial charge in [-0.2, -0.15) is 0 Å². The van der Waals surface area contributed by atoms with Gasteiger partial charge in [0.2, 0.25) is 5.91 Å². The van der Waals surface area contributed by atoms with Crippen molar-refractivity contribution in [3.63, 3.8) is 0 Å². The summed E-state index contributed by atoms with van der Waals surface area (Å²) in [5.74, 6) is 1.27. The van der Waals surface area contributed by atoms with Gasteiger partial charge in [0.25, 0.3) is 0 Å². The molecule has 3 rings (SSSR count). The van der Waals surface area contributed by atoms with Gasteiger partial charge in [0.1, 0.15) is 0 Å². The quantitative estimate of drug-likeness (QED) is 0.747. The first kappa shape index (κ1) is 12.9. The highest BCUT2D eigenvalue weighted by Crippen LogP contribution is 2.33. The number of piperazine rings is 1. The zero-order valence-electron chi connectivity index (χ0n) is 11.6. The molecular weight excluding hydrogens is 212 g/mol. The van der Waals surface area contributed by atoms with Crippen molar-refractivity contribution in [2.75, 3.05) is 19.6 Å². The number of nitrogens with zero attached hydrogens (tertiary/aromatic N) is 2. The van der Waals surface area contributed by atoms with Crippen molar-refractivity contribution in [3.8, 4) is 0 Å². The minimum absolute atomic E-state index is 0.150. The Morgan fingerprint density at radius 2 is 1.76 bits per heavy atom. The average molecular weight is 238 g/mol. The number of carbonyl (C=O) groups excluding carboxylic acids is 1. The second kappa shape index (κ2) is 4.97. The van der Waals surface area contributed by atoms with Crippen molar-refractivity contribution in [1.82, 2.24) is 9.80 Å². The summed E-state index contributed by atoms with van der Waals surface area (Å²) in [6, 6.07) is 1.30. The van der Waals surface area contributed by atoms with E-state index in [9.17, 15) is 4.79 Å². The predicted octanol–water partition coefficient (Wildman–Crippen LogP) is 1.97. The molecule has 98 valence electrons. The molecule has 3 heteroatoms. The molecule has 0 radical (unpaired) electrons. The van der Waals surface area contributed by atoms with Crippen molar-refractivity contribution >= 4 is 5.91 Å². The van der Waals surface area contributed by atoms with Crippen LogP contribution in [0.3, 0.4) is 0 Å². The first-order chi connectivity index (χ1) is 7.99. The van der Waals surface area contributed by atoms with Crippen molar-refractivity contribution in [1.29, 1.82) is 0 Å². The maximum absolute atomic E-state index is 11.9. The van der Waals surface area contributed by atoms with Gasteiger partial charge in [0.05, 0.1) is 0 Å². The van der Waals surface area contributed by atoms with Crippen LogP contribution in [-0.2, 0) is 4.79 Å². The topological polar surface area (TPSA) is 23.6 Å². The fourth-order valence-electron chi connectivity index (χ4n) is 3.00. The normalized spacial score (nSPS) is 28.7. The highest BCUT2D eigenvalue weighted by molar-refractivity contribution is 5.78. The van der Waals surface area contributed by atoms with Gasteiger partial charge in [-0.1, -0.05) is 27.7 Å². The lowest BCUT2D eigenvalue weighted by molar-refractivity contribution is -0.147. The van der Waals surface area contributed by atoms with E-state index < -0.39 is 0 Å². The average Bonchev–Trinajstić information content (AvgIpc) is 2.27. The molecule has 0 aliphatic carbocycles. The largest absolute Gasteiger partial charge is 0.339 e. The van der Waals surface area contributed by atoms with Crippen LogP contribution in [-0.4, -0.2) is 47.4 Å². The second-order valence-electron chi connectivity index (χ2n) is 6.36. The summed E-state index contributed by atoms with van der Waals surface area (Å²) in [6.45, 7) is 11.7. The molecule has 2 unspecified atom stereocenters. The Morgan fingerprint density at radius 1 is 1.18 bits per heavy atom. The van der Waals surface area contributed by atoms with Gasteiger partial charge in [-0.3, -0.25) is 9.69 Å². The van der Waals surface area contributed by atoms with E-state index in [4.69, 9.17) is 0 Å². The summed E-state index contributed by atoms with van der Waals surface area (Å²) in [5, 5.41) is 0. The molecule has 0 aromatic carbocycles. The Bertz CT molecular complexity index is 276. The number of rotatable bonds is 4. The lowest BCUT2D eigenvalue weighted by Gasteiger charge is -2.57. The Balaban J connectivity index is 1.82. The van der Waals surface area contributed by atoms with Crippen molar-refractivity contribution in [2.24, 2.45) is 11.8 Å². The molecule has 0 saturated carbocycles. The maximum Gasteiger partial charge on any atom is 0.225 e. The van der Waals surface area contributed by atoms with E-state index in [1.54, 1.807) is 0 Å². The Morgan fingerprint density at radius 3 is 2.24 bits per heavy atom. The number of hydrogen-bond donors (Lipinski definition) is 0. The lowest BCUT2D eigenvalue weighted by atomic mass is 9.86. The fraction of sp³-hybridized carbons (Fsp3) is 0.929. The fourth-order valence-corrected chi connectivity index (χ4v) is 3.00. The van der Waals surface area contributed by atoms with Crippen LogP contribution in [0, 0.1) is 11.8 Å². The van der Waals surface area contributed by atoms with Crippen LogP contribution in [0.4, 0.5) is 0 Å². The Hall–Kier alpha value is -0.570. The van der Waals surface area contributed by atoms with Gasteiger partial charge in [-0.15, -0.1) is 0 Å². The molecule has 0 N–H and O–H groups in total. The molecule has 2 bridgehead atoms. The lowest BCUT2D eigenvalue weighted by Crippen LogP contribution is -2.69. The second-order valence-corrected chi connectivity index (χ2v) is 6.36. The summed E-state index contributed by atoms with van der Waals surface area (Å²) < 4.78 is 0. The standard InChI is InChI=1S/C14H26N2O/c1-10(2)5-6-16-12-7-13(16)9-15(8-12)14(17)11(3)4/h10-13H,5-9H2,1-4H3. The summed E-state index contributed by atoms with van der Waals surface area (Å²) in [7, 11) is 0. The summed E-state index contributed by atoms with van der Waals surface area (Å²) in [4.78, 5) is 16.6. The van der Waals surface area contributed by atoms with Gasteiger partial charge >= 0.3 is 0 Å². The summed E-state index contributed by atoms with van der Waals surface area (Å²) in [6.07, 6.45) is 2.59. The summed E-state index contributed by atoms with van der Waals surface area (Å²) >= 11 is 0. The molecule has 3 heterocycles. The van der Waals surface area contributed by atoms with Gasteiger partial charge in [-0.25, -0.2) is 0 Å². The van der Waals surface area contributed by atoms with E-state index >= 15 is 0 Å². The van der Waals surface area contributed by atoms with Crippen molar-refractivity contribution in [3.05, 3.63) is 0 Å². The summed E-state index contributed by atoms with van der Waals surface area (Å²) in [5.41, 5.74) is 0. The third-order valence-electron chi connectivity index (χ3n) is 4.11. The van der Waals surface area contributed by atoms with E-state index in [-0.39, 0.29) is 5.92 Å². The van der Waals surface area contributed by atoms with Crippen LogP contribution in [0.2, 0.25) is 0 Å². The maximum atomic E-state index is 11.9. The number of piperidine rings is 1. The molecule has 2 atom stereocenters. The Kier molecular flexibility index (Phi) is 3.76. The smallest absolute Gasteiger partial charge is 0.225 e. The van der Waals surface area contributed by atoms with E-state index in [2.05, 4.69) is 23.6 Å². The zero-order valence-corrected chi connectivity index (χ0v) is 11.6. The molecule has 3 aliphatic rings. The Labute approximate surface area is 105 Å². The minimum atomic E-state index is 0.150. The molecule has 3 aliphatic heterocycles. The van der Waals surface area contributed by atoms with E-state index in [1.165, 1.54) is 19.4 Å². The molecule has 0 aromatic rings. The van der Waals surface area contributed by atoms with Gasteiger partial charge in [0.15, 0.2) is 0 Å². The van der Waals surface area contributed by atoms with E-state index in [1.807, 2.05) is 13.8 Å². The highest BCUT2D eigenvalue weighted by atomic mass is 16.2. The molecule has 17 heavy (non-hydrogen) atoms. The molecule has 0 spiro atoms. The third kappa shape index (κ3) is 2.65.